The van der Waals surface area contributed by atoms with Crippen molar-refractivity contribution in [3.05, 3.63) is 62.5 Å². The number of nitrogens with zero attached hydrogens (tertiary/aromatic N) is 4. The molecule has 32 heavy (non-hydrogen) atoms. The largest absolute Gasteiger partial charge is 0.503 e. The lowest BCUT2D eigenvalue weighted by Crippen LogP contribution is -2.51. The van der Waals surface area contributed by atoms with Gasteiger partial charge < -0.3 is 19.3 Å². The van der Waals surface area contributed by atoms with E-state index in [2.05, 4.69) is 10.2 Å². The summed E-state index contributed by atoms with van der Waals surface area (Å²) in [7, 11) is 0. The van der Waals surface area contributed by atoms with Gasteiger partial charge in [0.25, 0.3) is 5.91 Å². The molecule has 1 amide bonds. The summed E-state index contributed by atoms with van der Waals surface area (Å²) in [5.41, 5.74) is -0.451. The van der Waals surface area contributed by atoms with Gasteiger partial charge in [0.15, 0.2) is 16.5 Å². The third-order valence-corrected chi connectivity index (χ3v) is 6.80. The van der Waals surface area contributed by atoms with Crippen LogP contribution in [-0.4, -0.2) is 56.5 Å². The monoisotopic (exact) mass is 460 g/mol. The maximum atomic E-state index is 14.0. The predicted molar refractivity (Wildman–Crippen MR) is 111 cm³/mol. The van der Waals surface area contributed by atoms with Gasteiger partial charge in [-0.1, -0.05) is 17.4 Å². The number of fused-ring (bicyclic) bond motifs is 3. The van der Waals surface area contributed by atoms with E-state index in [0.29, 0.717) is 24.8 Å². The minimum atomic E-state index is -0.728. The number of carbonyl (C=O) groups is 1. The Balaban J connectivity index is 1.55. The van der Waals surface area contributed by atoms with Gasteiger partial charge in [0, 0.05) is 25.2 Å². The van der Waals surface area contributed by atoms with Crippen molar-refractivity contribution in [2.45, 2.75) is 25.4 Å². The molecule has 2 aromatic heterocycles. The first-order valence-electron chi connectivity index (χ1n) is 10.0. The van der Waals surface area contributed by atoms with Gasteiger partial charge in [-0.25, -0.2) is 8.78 Å². The lowest BCUT2D eigenvalue weighted by atomic mass is 10.0. The number of pyridine rings is 1. The molecule has 2 aliphatic rings. The number of amides is 1. The first kappa shape index (κ1) is 20.7. The van der Waals surface area contributed by atoms with E-state index in [1.54, 1.807) is 9.47 Å². The molecule has 4 heterocycles. The van der Waals surface area contributed by atoms with Crippen molar-refractivity contribution < 1.29 is 23.4 Å². The highest BCUT2D eigenvalue weighted by molar-refractivity contribution is 7.14. The zero-order valence-electron chi connectivity index (χ0n) is 16.9. The first-order valence-corrected chi connectivity index (χ1v) is 10.8. The van der Waals surface area contributed by atoms with Gasteiger partial charge in [-0.2, -0.15) is 0 Å². The molecule has 0 spiro atoms. The lowest BCUT2D eigenvalue weighted by Gasteiger charge is -2.38. The number of rotatable bonds is 4. The maximum absolute atomic E-state index is 14.0. The highest BCUT2D eigenvalue weighted by atomic mass is 32.1. The van der Waals surface area contributed by atoms with Crippen molar-refractivity contribution in [1.29, 1.82) is 0 Å². The van der Waals surface area contributed by atoms with Gasteiger partial charge >= 0.3 is 0 Å². The SMILES string of the molecule is CCN1C(=O)c2c(O)c(=O)c(-c3nnc(Cc4ccc(F)cc4F)s3)cn2[C@H]2COC[C@@H]21. The molecule has 1 saturated heterocycles. The predicted octanol–water partition coefficient (Wildman–Crippen LogP) is 2.36. The Morgan fingerprint density at radius 3 is 2.75 bits per heavy atom. The average Bonchev–Trinajstić information content (AvgIpc) is 3.42. The summed E-state index contributed by atoms with van der Waals surface area (Å²) >= 11 is 1.06. The fourth-order valence-corrected chi connectivity index (χ4v) is 5.14. The molecule has 8 nitrogen and oxygen atoms in total. The van der Waals surface area contributed by atoms with Gasteiger partial charge in [-0.05, 0) is 18.6 Å². The fourth-order valence-electron chi connectivity index (χ4n) is 4.27. The third kappa shape index (κ3) is 3.19. The number of likely N-dealkylation sites (N-methyl/N-ethyl adjacent to an activating group) is 1. The van der Waals surface area contributed by atoms with Crippen LogP contribution in [0.5, 0.6) is 5.75 Å². The molecule has 0 aliphatic carbocycles. The van der Waals surface area contributed by atoms with Crippen LogP contribution in [0.15, 0.2) is 29.2 Å². The molecule has 166 valence electrons. The van der Waals surface area contributed by atoms with Crippen molar-refractivity contribution in [2.24, 2.45) is 0 Å². The van der Waals surface area contributed by atoms with Gasteiger partial charge in [0.05, 0.1) is 30.9 Å². The highest BCUT2D eigenvalue weighted by Crippen LogP contribution is 2.36. The molecular formula is C21H18F2N4O4S. The Kier molecular flexibility index (Phi) is 5.01. The van der Waals surface area contributed by atoms with E-state index in [-0.39, 0.29) is 40.3 Å². The van der Waals surface area contributed by atoms with Crippen LogP contribution in [0.25, 0.3) is 10.6 Å². The number of ether oxygens (including phenoxy) is 1. The highest BCUT2D eigenvalue weighted by Gasteiger charge is 2.44. The van der Waals surface area contributed by atoms with Gasteiger partial charge in [-0.15, -0.1) is 10.2 Å². The van der Waals surface area contributed by atoms with Crippen LogP contribution in [0.4, 0.5) is 8.78 Å². The van der Waals surface area contributed by atoms with E-state index in [0.717, 1.165) is 23.5 Å². The molecule has 0 saturated carbocycles. The molecular weight excluding hydrogens is 442 g/mol. The second-order valence-corrected chi connectivity index (χ2v) is 8.72. The molecule has 1 aromatic carbocycles. The van der Waals surface area contributed by atoms with E-state index in [1.165, 1.54) is 12.3 Å². The van der Waals surface area contributed by atoms with Crippen LogP contribution in [-0.2, 0) is 11.2 Å². The molecule has 3 aromatic rings. The number of benzene rings is 1. The van der Waals surface area contributed by atoms with E-state index in [1.807, 2.05) is 6.92 Å². The lowest BCUT2D eigenvalue weighted by molar-refractivity contribution is 0.0571. The normalized spacial score (nSPS) is 19.8. The fraction of sp³-hybridized carbons (Fsp3) is 0.333. The summed E-state index contributed by atoms with van der Waals surface area (Å²) in [5.74, 6) is -2.44. The molecule has 5 rings (SSSR count). The van der Waals surface area contributed by atoms with Crippen molar-refractivity contribution in [2.75, 3.05) is 19.8 Å². The molecule has 0 unspecified atom stereocenters. The average molecular weight is 460 g/mol. The summed E-state index contributed by atoms with van der Waals surface area (Å²) in [6.45, 7) is 2.98. The quantitative estimate of drug-likeness (QED) is 0.642. The summed E-state index contributed by atoms with van der Waals surface area (Å²) in [5, 5.41) is 19.4. The molecule has 2 atom stereocenters. The second-order valence-electron chi connectivity index (χ2n) is 7.65. The van der Waals surface area contributed by atoms with Gasteiger partial charge in [-0.3, -0.25) is 9.59 Å². The van der Waals surface area contributed by atoms with Crippen LogP contribution < -0.4 is 5.43 Å². The number of hydrogen-bond acceptors (Lipinski definition) is 7. The third-order valence-electron chi connectivity index (χ3n) is 5.85. The summed E-state index contributed by atoms with van der Waals surface area (Å²) in [6, 6.07) is 2.85. The second kappa shape index (κ2) is 7.75. The Morgan fingerprint density at radius 1 is 1.22 bits per heavy atom. The zero-order chi connectivity index (χ0) is 22.6. The van der Waals surface area contributed by atoms with Crippen LogP contribution in [0.3, 0.4) is 0 Å². The van der Waals surface area contributed by atoms with Crippen LogP contribution >= 0.6 is 11.3 Å². The Hall–Kier alpha value is -3.18. The number of halogens is 2. The minimum absolute atomic E-state index is 0.0644. The molecule has 1 N–H and O–H groups in total. The maximum Gasteiger partial charge on any atom is 0.274 e. The molecule has 2 aliphatic heterocycles. The molecule has 11 heteroatoms. The number of aromatic hydroxyl groups is 1. The number of aromatic nitrogens is 3. The summed E-state index contributed by atoms with van der Waals surface area (Å²) in [6.07, 6.45) is 1.59. The summed E-state index contributed by atoms with van der Waals surface area (Å²) < 4.78 is 34.3. The number of hydrogen-bond donors (Lipinski definition) is 1. The van der Waals surface area contributed by atoms with Crippen molar-refractivity contribution in [3.63, 3.8) is 0 Å². The van der Waals surface area contributed by atoms with E-state index in [9.17, 15) is 23.5 Å². The Labute approximate surface area is 184 Å². The Bertz CT molecular complexity index is 1290. The van der Waals surface area contributed by atoms with Crippen molar-refractivity contribution in [1.82, 2.24) is 19.7 Å². The first-order chi connectivity index (χ1) is 15.4. The van der Waals surface area contributed by atoms with Crippen LogP contribution in [0.2, 0.25) is 0 Å². The zero-order valence-corrected chi connectivity index (χ0v) is 17.7. The molecule has 1 fully saturated rings. The smallest absolute Gasteiger partial charge is 0.274 e. The van der Waals surface area contributed by atoms with Gasteiger partial charge in [0.1, 0.15) is 16.6 Å². The molecule has 0 bridgehead atoms. The topological polar surface area (TPSA) is 97.5 Å². The van der Waals surface area contributed by atoms with E-state index in [4.69, 9.17) is 4.74 Å². The van der Waals surface area contributed by atoms with E-state index >= 15 is 0 Å². The Morgan fingerprint density at radius 2 is 2.00 bits per heavy atom. The van der Waals surface area contributed by atoms with Gasteiger partial charge in [0.2, 0.25) is 5.43 Å². The van der Waals surface area contributed by atoms with Crippen LogP contribution in [0.1, 0.15) is 34.0 Å². The van der Waals surface area contributed by atoms with Crippen molar-refractivity contribution >= 4 is 17.2 Å². The minimum Gasteiger partial charge on any atom is -0.503 e. The summed E-state index contributed by atoms with van der Waals surface area (Å²) in [4.78, 5) is 27.4. The van der Waals surface area contributed by atoms with Crippen LogP contribution in [0, 0.1) is 11.6 Å². The number of carbonyl (C=O) groups excluding carboxylic acids is 1. The van der Waals surface area contributed by atoms with E-state index < -0.39 is 28.7 Å². The van der Waals surface area contributed by atoms with Crippen molar-refractivity contribution in [3.8, 4) is 16.3 Å². The standard InChI is InChI=1S/C21H18F2N4O4S/c1-2-26-14-8-31-9-15(14)27-7-12(18(28)19(29)17(27)21(26)30)20-25-24-16(32-20)5-10-3-4-11(22)6-13(10)23/h3-4,6-7,14-15,29H,2,5,8-9H2,1H3/t14-,15-/m0/s1. The molecule has 0 radical (unpaired) electrons.